The van der Waals surface area contributed by atoms with Crippen LogP contribution in [-0.2, 0) is 7.05 Å². The van der Waals surface area contributed by atoms with Crippen molar-refractivity contribution in [1.29, 1.82) is 0 Å². The van der Waals surface area contributed by atoms with Gasteiger partial charge in [0.1, 0.15) is 5.82 Å². The first-order valence-corrected chi connectivity index (χ1v) is 6.47. The van der Waals surface area contributed by atoms with Crippen LogP contribution < -0.4 is 10.6 Å². The molecular weight excluding hydrogens is 256 g/mol. The molecule has 0 saturated carbocycles. The number of hydrogen-bond acceptors (Lipinski definition) is 5. The summed E-state index contributed by atoms with van der Waals surface area (Å²) in [5.74, 6) is 0.404. The summed E-state index contributed by atoms with van der Waals surface area (Å²) < 4.78 is 1.75. The molecule has 1 amide bonds. The molecule has 2 rings (SSSR count). The van der Waals surface area contributed by atoms with Gasteiger partial charge in [-0.3, -0.25) is 9.48 Å². The van der Waals surface area contributed by atoms with Gasteiger partial charge in [-0.2, -0.15) is 5.10 Å². The maximum Gasteiger partial charge on any atom is 0.271 e. The van der Waals surface area contributed by atoms with E-state index in [1.807, 2.05) is 27.1 Å². The first-order chi connectivity index (χ1) is 9.60. The summed E-state index contributed by atoms with van der Waals surface area (Å²) in [6.45, 7) is 4.44. The number of carbonyl (C=O) groups excluding carboxylic acids is 1. The first kappa shape index (κ1) is 14.0. The zero-order valence-electron chi connectivity index (χ0n) is 11.8. The average Bonchev–Trinajstić information content (AvgIpc) is 2.86. The van der Waals surface area contributed by atoms with Crippen molar-refractivity contribution in [1.82, 2.24) is 25.3 Å². The molecule has 106 valence electrons. The Kier molecular flexibility index (Phi) is 4.29. The second kappa shape index (κ2) is 6.14. The van der Waals surface area contributed by atoms with E-state index in [1.54, 1.807) is 23.0 Å². The lowest BCUT2D eigenvalue weighted by Gasteiger charge is -2.12. The van der Waals surface area contributed by atoms with Gasteiger partial charge in [0.2, 0.25) is 0 Å². The summed E-state index contributed by atoms with van der Waals surface area (Å²) in [5, 5.41) is 17.9. The fourth-order valence-corrected chi connectivity index (χ4v) is 1.75. The summed E-state index contributed by atoms with van der Waals surface area (Å²) in [4.78, 5) is 11.6. The van der Waals surface area contributed by atoms with E-state index in [2.05, 4.69) is 25.9 Å². The zero-order valence-corrected chi connectivity index (χ0v) is 11.8. The van der Waals surface area contributed by atoms with Gasteiger partial charge < -0.3 is 10.6 Å². The minimum atomic E-state index is -0.216. The van der Waals surface area contributed by atoms with Crippen molar-refractivity contribution in [2.75, 3.05) is 11.9 Å². The number of nitrogens with one attached hydrogen (secondary N) is 2. The zero-order chi connectivity index (χ0) is 14.5. The fourth-order valence-electron chi connectivity index (χ4n) is 1.75. The molecule has 2 N–H and O–H groups in total. The molecule has 0 fully saturated rings. The molecule has 1 unspecified atom stereocenters. The third-order valence-corrected chi connectivity index (χ3v) is 2.82. The molecule has 2 aromatic heterocycles. The Morgan fingerprint density at radius 2 is 2.20 bits per heavy atom. The van der Waals surface area contributed by atoms with Gasteiger partial charge in [0.05, 0.1) is 12.2 Å². The Hall–Kier alpha value is -2.44. The van der Waals surface area contributed by atoms with E-state index in [1.165, 1.54) is 0 Å². The standard InChI is InChI=1S/C13H18N6O/c1-4-14-13(20)11-5-6-12(18-17-11)16-9(2)10-7-15-19(3)8-10/h5-9H,4H2,1-3H3,(H,14,20)(H,16,18). The quantitative estimate of drug-likeness (QED) is 0.854. The van der Waals surface area contributed by atoms with Gasteiger partial charge >= 0.3 is 0 Å². The molecule has 0 bridgehead atoms. The topological polar surface area (TPSA) is 84.7 Å². The highest BCUT2D eigenvalue weighted by molar-refractivity contribution is 5.92. The van der Waals surface area contributed by atoms with Gasteiger partial charge in [-0.15, -0.1) is 10.2 Å². The van der Waals surface area contributed by atoms with Crippen LogP contribution in [0.5, 0.6) is 0 Å². The third kappa shape index (κ3) is 3.31. The molecule has 2 aromatic rings. The van der Waals surface area contributed by atoms with Crippen LogP contribution in [0.1, 0.15) is 35.9 Å². The molecular formula is C13H18N6O. The van der Waals surface area contributed by atoms with Gasteiger partial charge in [-0.1, -0.05) is 0 Å². The molecule has 0 aliphatic heterocycles. The molecule has 0 aromatic carbocycles. The highest BCUT2D eigenvalue weighted by Crippen LogP contribution is 2.16. The fraction of sp³-hybridized carbons (Fsp3) is 0.385. The number of carbonyl (C=O) groups is 1. The van der Waals surface area contributed by atoms with Gasteiger partial charge in [0, 0.05) is 25.4 Å². The molecule has 0 radical (unpaired) electrons. The van der Waals surface area contributed by atoms with E-state index in [-0.39, 0.29) is 11.9 Å². The second-order valence-corrected chi connectivity index (χ2v) is 4.48. The second-order valence-electron chi connectivity index (χ2n) is 4.48. The molecule has 7 nitrogen and oxygen atoms in total. The van der Waals surface area contributed by atoms with Gasteiger partial charge in [0.15, 0.2) is 5.69 Å². The number of nitrogens with zero attached hydrogens (tertiary/aromatic N) is 4. The van der Waals surface area contributed by atoms with Crippen molar-refractivity contribution in [3.05, 3.63) is 35.8 Å². The highest BCUT2D eigenvalue weighted by atomic mass is 16.1. The molecule has 0 spiro atoms. The van der Waals surface area contributed by atoms with Gasteiger partial charge in [0.25, 0.3) is 5.91 Å². The monoisotopic (exact) mass is 274 g/mol. The Morgan fingerprint density at radius 1 is 1.40 bits per heavy atom. The van der Waals surface area contributed by atoms with Crippen molar-refractivity contribution in [2.24, 2.45) is 7.05 Å². The predicted octanol–water partition coefficient (Wildman–Crippen LogP) is 1.13. The van der Waals surface area contributed by atoms with Crippen LogP contribution in [-0.4, -0.2) is 32.4 Å². The van der Waals surface area contributed by atoms with Crippen LogP contribution in [0.25, 0.3) is 0 Å². The minimum absolute atomic E-state index is 0.0633. The van der Waals surface area contributed by atoms with Crippen LogP contribution in [0, 0.1) is 0 Å². The summed E-state index contributed by atoms with van der Waals surface area (Å²) in [6.07, 6.45) is 3.74. The lowest BCUT2D eigenvalue weighted by Crippen LogP contribution is -2.24. The van der Waals surface area contributed by atoms with Gasteiger partial charge in [-0.05, 0) is 26.0 Å². The minimum Gasteiger partial charge on any atom is -0.362 e. The van der Waals surface area contributed by atoms with Crippen LogP contribution in [0.3, 0.4) is 0 Å². The first-order valence-electron chi connectivity index (χ1n) is 6.47. The van der Waals surface area contributed by atoms with Crippen molar-refractivity contribution in [2.45, 2.75) is 19.9 Å². The Balaban J connectivity index is 2.01. The number of amides is 1. The van der Waals surface area contributed by atoms with E-state index in [4.69, 9.17) is 0 Å². The SMILES string of the molecule is CCNC(=O)c1ccc(NC(C)c2cnn(C)c2)nn1. The lowest BCUT2D eigenvalue weighted by atomic mass is 10.2. The molecule has 0 aliphatic rings. The van der Waals surface area contributed by atoms with E-state index < -0.39 is 0 Å². The van der Waals surface area contributed by atoms with Crippen LogP contribution in [0.15, 0.2) is 24.5 Å². The van der Waals surface area contributed by atoms with Crippen LogP contribution in [0.2, 0.25) is 0 Å². The van der Waals surface area contributed by atoms with Crippen LogP contribution in [0.4, 0.5) is 5.82 Å². The molecule has 1 atom stereocenters. The summed E-state index contributed by atoms with van der Waals surface area (Å²) in [5.41, 5.74) is 1.37. The van der Waals surface area contributed by atoms with Crippen LogP contribution >= 0.6 is 0 Å². The summed E-state index contributed by atoms with van der Waals surface area (Å²) in [7, 11) is 1.87. The number of hydrogen-bond donors (Lipinski definition) is 2. The number of anilines is 1. The predicted molar refractivity (Wildman–Crippen MR) is 75.3 cm³/mol. The largest absolute Gasteiger partial charge is 0.362 e. The van der Waals surface area contributed by atoms with Crippen molar-refractivity contribution in [3.63, 3.8) is 0 Å². The molecule has 20 heavy (non-hydrogen) atoms. The Bertz CT molecular complexity index is 577. The number of rotatable bonds is 5. The highest BCUT2D eigenvalue weighted by Gasteiger charge is 2.10. The molecule has 2 heterocycles. The van der Waals surface area contributed by atoms with Crippen molar-refractivity contribution < 1.29 is 4.79 Å². The van der Waals surface area contributed by atoms with E-state index in [9.17, 15) is 4.79 Å². The normalized spacial score (nSPS) is 11.9. The Morgan fingerprint density at radius 3 is 2.75 bits per heavy atom. The van der Waals surface area contributed by atoms with E-state index in [0.717, 1.165) is 5.56 Å². The average molecular weight is 274 g/mol. The molecule has 0 saturated heterocycles. The van der Waals surface area contributed by atoms with Gasteiger partial charge in [-0.25, -0.2) is 0 Å². The number of aromatic nitrogens is 4. The van der Waals surface area contributed by atoms with E-state index in [0.29, 0.717) is 18.1 Å². The maximum absolute atomic E-state index is 11.6. The summed E-state index contributed by atoms with van der Waals surface area (Å²) in [6, 6.07) is 3.45. The van der Waals surface area contributed by atoms with E-state index >= 15 is 0 Å². The Labute approximate surface area is 117 Å². The third-order valence-electron chi connectivity index (χ3n) is 2.82. The number of aryl methyl sites for hydroxylation is 1. The van der Waals surface area contributed by atoms with Crippen molar-refractivity contribution in [3.8, 4) is 0 Å². The van der Waals surface area contributed by atoms with Crippen molar-refractivity contribution >= 4 is 11.7 Å². The summed E-state index contributed by atoms with van der Waals surface area (Å²) >= 11 is 0. The smallest absolute Gasteiger partial charge is 0.271 e. The maximum atomic E-state index is 11.6. The molecule has 7 heteroatoms. The lowest BCUT2D eigenvalue weighted by molar-refractivity contribution is 0.0950. The molecule has 0 aliphatic carbocycles.